The zero-order valence-electron chi connectivity index (χ0n) is 2.49. The van der Waals surface area contributed by atoms with E-state index in [4.69, 9.17) is 23.2 Å². The number of rotatable bonds is 1. The number of hydrogen-bond donors (Lipinski definition) is 0. The van der Waals surface area contributed by atoms with Crippen LogP contribution >= 0.6 is 23.2 Å². The molecule has 5 heavy (non-hydrogen) atoms. The lowest BCUT2D eigenvalue weighted by Crippen LogP contribution is -1.37. The molecule has 0 heterocycles. The largest absolute Gasteiger partial charge is 0.116 e. The molecule has 0 saturated heterocycles. The molecule has 0 aliphatic heterocycles. The van der Waals surface area contributed by atoms with E-state index < -0.39 is 0 Å². The van der Waals surface area contributed by atoms with E-state index in [-0.39, 0.29) is 0 Å². The van der Waals surface area contributed by atoms with Gasteiger partial charge in [-0.15, -0.1) is 11.6 Å². The molecular formula is C3H3Cl2. The van der Waals surface area contributed by atoms with Gasteiger partial charge in [-0.3, -0.25) is 0 Å². The Morgan fingerprint density at radius 2 is 1.80 bits per heavy atom. The minimum atomic E-state index is 1.34. The summed E-state index contributed by atoms with van der Waals surface area (Å²) in [5, 5.41) is 0. The molecule has 0 aromatic rings. The van der Waals surface area contributed by atoms with Crippen LogP contribution in [-0.4, -0.2) is 0 Å². The molecule has 0 amide bonds. The maximum absolute atomic E-state index is 5.01. The molecule has 0 saturated carbocycles. The van der Waals surface area contributed by atoms with Crippen molar-refractivity contribution in [2.45, 2.75) is 0 Å². The molecule has 0 aliphatic rings. The molecule has 2 heteroatoms. The van der Waals surface area contributed by atoms with Crippen LogP contribution in [0.1, 0.15) is 0 Å². The van der Waals surface area contributed by atoms with E-state index >= 15 is 0 Å². The zero-order valence-corrected chi connectivity index (χ0v) is 4.00. The Bertz CT molecular complexity index is 31.9. The number of halogens is 2. The second kappa shape index (κ2) is 4.32. The van der Waals surface area contributed by atoms with E-state index in [9.17, 15) is 0 Å². The van der Waals surface area contributed by atoms with Crippen LogP contribution in [0.15, 0.2) is 11.6 Å². The average Bonchev–Trinajstić information content (AvgIpc) is 1.41. The fourth-order valence-corrected chi connectivity index (χ4v) is 0.247. The van der Waals surface area contributed by atoms with Gasteiger partial charge < -0.3 is 0 Å². The minimum absolute atomic E-state index is 1.34. The predicted octanol–water partition coefficient (Wildman–Crippen LogP) is 2.14. The van der Waals surface area contributed by atoms with Crippen LogP contribution in [0.5, 0.6) is 0 Å². The van der Waals surface area contributed by atoms with Crippen LogP contribution in [-0.2, 0) is 0 Å². The van der Waals surface area contributed by atoms with Crippen molar-refractivity contribution in [2.75, 3.05) is 0 Å². The monoisotopic (exact) mass is 109 g/mol. The summed E-state index contributed by atoms with van der Waals surface area (Å²) in [5.74, 6) is 1.34. The molecule has 0 fully saturated rings. The Balaban J connectivity index is 2.62. The highest BCUT2D eigenvalue weighted by atomic mass is 35.5. The quantitative estimate of drug-likeness (QED) is 0.485. The summed E-state index contributed by atoms with van der Waals surface area (Å²) < 4.78 is 0. The SMILES string of the molecule is Cl[CH]C=CCl. The summed E-state index contributed by atoms with van der Waals surface area (Å²) in [4.78, 5) is 0. The molecule has 1 radical (unpaired) electrons. The van der Waals surface area contributed by atoms with Gasteiger partial charge in [0.2, 0.25) is 0 Å². The van der Waals surface area contributed by atoms with Gasteiger partial charge in [0.05, 0.1) is 5.88 Å². The zero-order chi connectivity index (χ0) is 4.12. The summed E-state index contributed by atoms with van der Waals surface area (Å²) in [5.41, 5.74) is 1.34. The van der Waals surface area contributed by atoms with Gasteiger partial charge in [-0.25, -0.2) is 0 Å². The minimum Gasteiger partial charge on any atom is -0.116 e. The Hall–Kier alpha value is 0.320. The lowest BCUT2D eigenvalue weighted by Gasteiger charge is -1.60. The van der Waals surface area contributed by atoms with Crippen LogP contribution in [0.25, 0.3) is 0 Å². The van der Waals surface area contributed by atoms with Gasteiger partial charge >= 0.3 is 0 Å². The third kappa shape index (κ3) is 4.32. The van der Waals surface area contributed by atoms with Crippen molar-refractivity contribution in [1.29, 1.82) is 0 Å². The summed E-state index contributed by atoms with van der Waals surface area (Å²) in [6.45, 7) is 0. The average molecular weight is 110 g/mol. The van der Waals surface area contributed by atoms with E-state index in [2.05, 4.69) is 0 Å². The highest BCUT2D eigenvalue weighted by Crippen LogP contribution is 1.85. The lowest BCUT2D eigenvalue weighted by molar-refractivity contribution is 2.04. The molecule has 0 spiro atoms. The summed E-state index contributed by atoms with van der Waals surface area (Å²) in [6, 6.07) is 0. The maximum Gasteiger partial charge on any atom is 0.0726 e. The predicted molar refractivity (Wildman–Crippen MR) is 25.1 cm³/mol. The number of allylic oxidation sites excluding steroid dienone is 1. The maximum atomic E-state index is 5.01. The molecule has 29 valence electrons. The topological polar surface area (TPSA) is 0 Å². The van der Waals surface area contributed by atoms with Crippen molar-refractivity contribution in [1.82, 2.24) is 0 Å². The Morgan fingerprint density at radius 1 is 1.20 bits per heavy atom. The third-order valence-electron chi connectivity index (χ3n) is 0.145. The van der Waals surface area contributed by atoms with Gasteiger partial charge in [-0.2, -0.15) is 0 Å². The molecule has 0 aromatic carbocycles. The standard InChI is InChI=1S/C3H3Cl2/c4-2-1-3-5/h1-3H. The molecule has 0 aromatic heterocycles. The van der Waals surface area contributed by atoms with Crippen LogP contribution in [0, 0.1) is 5.88 Å². The van der Waals surface area contributed by atoms with Gasteiger partial charge in [-0.05, 0) is 0 Å². The van der Waals surface area contributed by atoms with Crippen molar-refractivity contribution >= 4 is 23.2 Å². The van der Waals surface area contributed by atoms with Gasteiger partial charge in [0.1, 0.15) is 0 Å². The van der Waals surface area contributed by atoms with Crippen molar-refractivity contribution < 1.29 is 0 Å². The van der Waals surface area contributed by atoms with E-state index in [1.165, 1.54) is 17.5 Å². The highest BCUT2D eigenvalue weighted by Gasteiger charge is 1.57. The normalized spacial score (nSPS) is 10.0. The molecule has 0 nitrogen and oxygen atoms in total. The molecule has 0 N–H and O–H groups in total. The molecule has 0 rings (SSSR count). The Kier molecular flexibility index (Phi) is 4.60. The summed E-state index contributed by atoms with van der Waals surface area (Å²) >= 11 is 10.0. The Morgan fingerprint density at radius 3 is 1.80 bits per heavy atom. The smallest absolute Gasteiger partial charge is 0.0726 e. The van der Waals surface area contributed by atoms with E-state index in [1.807, 2.05) is 0 Å². The second-order valence-corrected chi connectivity index (χ2v) is 0.948. The van der Waals surface area contributed by atoms with Crippen LogP contribution < -0.4 is 0 Å². The number of hydrogen-bond acceptors (Lipinski definition) is 0. The van der Waals surface area contributed by atoms with Gasteiger partial charge in [0.15, 0.2) is 0 Å². The van der Waals surface area contributed by atoms with Crippen LogP contribution in [0.2, 0.25) is 0 Å². The van der Waals surface area contributed by atoms with Crippen molar-refractivity contribution in [3.63, 3.8) is 0 Å². The summed E-state index contributed by atoms with van der Waals surface area (Å²) in [7, 11) is 0. The van der Waals surface area contributed by atoms with E-state index in [0.29, 0.717) is 0 Å². The molecule has 0 bridgehead atoms. The fraction of sp³-hybridized carbons (Fsp3) is 0. The lowest BCUT2D eigenvalue weighted by atomic mass is 10.8. The highest BCUT2D eigenvalue weighted by molar-refractivity contribution is 6.28. The van der Waals surface area contributed by atoms with Gasteiger partial charge in [-0.1, -0.05) is 17.7 Å². The molecule has 0 atom stereocenters. The Labute approximate surface area is 41.4 Å². The van der Waals surface area contributed by atoms with Crippen LogP contribution in [0.4, 0.5) is 0 Å². The van der Waals surface area contributed by atoms with E-state index in [0.717, 1.165) is 0 Å². The van der Waals surface area contributed by atoms with Crippen molar-refractivity contribution in [2.24, 2.45) is 0 Å². The fourth-order valence-electron chi connectivity index (χ4n) is 0.0275. The first-order chi connectivity index (χ1) is 2.41. The molecular weight excluding hydrogens is 107 g/mol. The molecule has 0 unspecified atom stereocenters. The second-order valence-electron chi connectivity index (χ2n) is 0.444. The van der Waals surface area contributed by atoms with Crippen molar-refractivity contribution in [3.8, 4) is 0 Å². The van der Waals surface area contributed by atoms with E-state index in [1.54, 1.807) is 0 Å². The first kappa shape index (κ1) is 5.32. The first-order valence-electron chi connectivity index (χ1n) is 1.10. The van der Waals surface area contributed by atoms with Crippen molar-refractivity contribution in [3.05, 3.63) is 17.5 Å². The summed E-state index contributed by atoms with van der Waals surface area (Å²) in [6.07, 6.45) is 1.53. The van der Waals surface area contributed by atoms with Crippen LogP contribution in [0.3, 0.4) is 0 Å². The first-order valence-corrected chi connectivity index (χ1v) is 1.98. The van der Waals surface area contributed by atoms with Gasteiger partial charge in [0, 0.05) is 5.54 Å². The third-order valence-corrected chi connectivity index (χ3v) is 0.436. The van der Waals surface area contributed by atoms with Gasteiger partial charge in [0.25, 0.3) is 0 Å². The molecule has 0 aliphatic carbocycles.